The average molecular weight is 521 g/mol. The lowest BCUT2D eigenvalue weighted by atomic mass is 9.95. The molecule has 0 saturated carbocycles. The molecule has 7 nitrogen and oxygen atoms in total. The molecule has 1 aliphatic heterocycles. The zero-order chi connectivity index (χ0) is 27.4. The Bertz CT molecular complexity index is 1510. The molecule has 39 heavy (non-hydrogen) atoms. The number of rotatable bonds is 8. The largest absolute Gasteiger partial charge is 0.507 e. The number of nitrogens with zero attached hydrogens (tertiary/aromatic N) is 2. The zero-order valence-corrected chi connectivity index (χ0v) is 21.7. The van der Waals surface area contributed by atoms with Crippen LogP contribution in [0.5, 0.6) is 11.5 Å². The number of carbonyl (C=O) groups excluding carboxylic acids is 2. The second-order valence-corrected chi connectivity index (χ2v) is 9.30. The lowest BCUT2D eigenvalue weighted by molar-refractivity contribution is -0.140. The van der Waals surface area contributed by atoms with Gasteiger partial charge in [0.25, 0.3) is 11.7 Å². The van der Waals surface area contributed by atoms with Crippen molar-refractivity contribution in [2.24, 2.45) is 0 Å². The predicted molar refractivity (Wildman–Crippen MR) is 147 cm³/mol. The maximum atomic E-state index is 13.3. The van der Waals surface area contributed by atoms with E-state index in [0.717, 1.165) is 16.7 Å². The van der Waals surface area contributed by atoms with Crippen LogP contribution in [0, 0.1) is 6.92 Å². The van der Waals surface area contributed by atoms with E-state index in [9.17, 15) is 14.7 Å². The van der Waals surface area contributed by atoms with Gasteiger partial charge in [-0.3, -0.25) is 14.6 Å². The molecule has 0 spiro atoms. The molecule has 1 aliphatic rings. The zero-order valence-electron chi connectivity index (χ0n) is 21.7. The molecule has 196 valence electrons. The molecule has 2 heterocycles. The Morgan fingerprint density at radius 2 is 1.64 bits per heavy atom. The molecule has 5 rings (SSSR count). The molecule has 1 aromatic heterocycles. The highest BCUT2D eigenvalue weighted by Crippen LogP contribution is 2.40. The van der Waals surface area contributed by atoms with E-state index in [-0.39, 0.29) is 17.9 Å². The van der Waals surface area contributed by atoms with Gasteiger partial charge >= 0.3 is 0 Å². The molecule has 1 atom stereocenters. The van der Waals surface area contributed by atoms with Gasteiger partial charge in [0.2, 0.25) is 0 Å². The molecule has 7 heteroatoms. The standard InChI is InChI=1S/C32H28N2O5/c1-21-6-3-4-8-25(21)20-39-27-15-11-24(12-16-27)30(35)28-29(23-9-13-26(38-2)14-10-23)34(32(37)31(28)36)19-22-7-5-17-33-18-22/h3-18,29,35H,19-20H2,1-2H3/t29-/m0/s1. The summed E-state index contributed by atoms with van der Waals surface area (Å²) in [6, 6.07) is 24.8. The van der Waals surface area contributed by atoms with Crippen molar-refractivity contribution in [2.45, 2.75) is 26.1 Å². The van der Waals surface area contributed by atoms with Crippen molar-refractivity contribution in [2.75, 3.05) is 7.11 Å². The van der Waals surface area contributed by atoms with E-state index in [1.807, 2.05) is 37.3 Å². The fourth-order valence-electron chi connectivity index (χ4n) is 4.66. The number of aromatic nitrogens is 1. The number of aliphatic hydroxyl groups is 1. The maximum absolute atomic E-state index is 13.3. The van der Waals surface area contributed by atoms with Crippen LogP contribution < -0.4 is 9.47 Å². The van der Waals surface area contributed by atoms with Gasteiger partial charge in [0.1, 0.15) is 23.9 Å². The van der Waals surface area contributed by atoms with Crippen molar-refractivity contribution in [1.29, 1.82) is 0 Å². The molecular formula is C32H28N2O5. The van der Waals surface area contributed by atoms with Crippen LogP contribution in [0.25, 0.3) is 5.76 Å². The average Bonchev–Trinajstić information content (AvgIpc) is 3.22. The Labute approximate surface area is 227 Å². The number of hydrogen-bond donors (Lipinski definition) is 1. The number of Topliss-reactive ketones (excluding diaryl/α,β-unsaturated/α-hetero) is 1. The van der Waals surface area contributed by atoms with Crippen LogP contribution in [0.2, 0.25) is 0 Å². The number of pyridine rings is 1. The lowest BCUT2D eigenvalue weighted by Crippen LogP contribution is -2.29. The topological polar surface area (TPSA) is 89.0 Å². The van der Waals surface area contributed by atoms with Gasteiger partial charge in [-0.1, -0.05) is 42.5 Å². The van der Waals surface area contributed by atoms with E-state index in [1.54, 1.807) is 74.1 Å². The number of carbonyl (C=O) groups is 2. The molecular weight excluding hydrogens is 492 g/mol. The van der Waals surface area contributed by atoms with E-state index < -0.39 is 17.7 Å². The first kappa shape index (κ1) is 25.7. The maximum Gasteiger partial charge on any atom is 0.295 e. The summed E-state index contributed by atoms with van der Waals surface area (Å²) in [6.45, 7) is 2.61. The number of hydrogen-bond acceptors (Lipinski definition) is 6. The van der Waals surface area contributed by atoms with Crippen LogP contribution in [0.1, 0.15) is 33.9 Å². The van der Waals surface area contributed by atoms with Gasteiger partial charge in [0, 0.05) is 24.5 Å². The summed E-state index contributed by atoms with van der Waals surface area (Å²) in [5, 5.41) is 11.4. The van der Waals surface area contributed by atoms with E-state index in [0.29, 0.717) is 29.2 Å². The van der Waals surface area contributed by atoms with Crippen molar-refractivity contribution in [3.05, 3.63) is 131 Å². The first-order valence-electron chi connectivity index (χ1n) is 12.6. The number of ketones is 1. The van der Waals surface area contributed by atoms with Gasteiger partial charge in [-0.2, -0.15) is 0 Å². The minimum atomic E-state index is -0.784. The van der Waals surface area contributed by atoms with E-state index in [2.05, 4.69) is 4.98 Å². The smallest absolute Gasteiger partial charge is 0.295 e. The predicted octanol–water partition coefficient (Wildman–Crippen LogP) is 5.60. The molecule has 4 aromatic rings. The monoisotopic (exact) mass is 520 g/mol. The number of methoxy groups -OCH3 is 1. The lowest BCUT2D eigenvalue weighted by Gasteiger charge is -2.25. The fraction of sp³-hybridized carbons (Fsp3) is 0.156. The summed E-state index contributed by atoms with van der Waals surface area (Å²) in [7, 11) is 1.57. The Morgan fingerprint density at radius 1 is 0.923 bits per heavy atom. The van der Waals surface area contributed by atoms with Crippen molar-refractivity contribution >= 4 is 17.4 Å². The summed E-state index contributed by atoms with van der Waals surface area (Å²) in [5.74, 6) is -0.396. The van der Waals surface area contributed by atoms with Crippen LogP contribution in [0.3, 0.4) is 0 Å². The minimum Gasteiger partial charge on any atom is -0.507 e. The molecule has 1 fully saturated rings. The van der Waals surface area contributed by atoms with E-state index in [1.165, 1.54) is 4.90 Å². The third-order valence-corrected chi connectivity index (χ3v) is 6.83. The normalized spacial score (nSPS) is 16.4. The number of aliphatic hydroxyl groups excluding tert-OH is 1. The summed E-state index contributed by atoms with van der Waals surface area (Å²) in [4.78, 5) is 32.1. The van der Waals surface area contributed by atoms with E-state index >= 15 is 0 Å². The third kappa shape index (κ3) is 5.38. The van der Waals surface area contributed by atoms with Crippen LogP contribution in [-0.2, 0) is 22.7 Å². The van der Waals surface area contributed by atoms with Crippen LogP contribution >= 0.6 is 0 Å². The highest BCUT2D eigenvalue weighted by Gasteiger charge is 2.46. The van der Waals surface area contributed by atoms with Gasteiger partial charge in [0.05, 0.1) is 18.7 Å². The number of amides is 1. The van der Waals surface area contributed by atoms with Gasteiger partial charge < -0.3 is 19.5 Å². The second-order valence-electron chi connectivity index (χ2n) is 9.30. The molecule has 0 bridgehead atoms. The third-order valence-electron chi connectivity index (χ3n) is 6.83. The number of benzene rings is 3. The van der Waals surface area contributed by atoms with Gasteiger partial charge in [0.15, 0.2) is 0 Å². The van der Waals surface area contributed by atoms with E-state index in [4.69, 9.17) is 9.47 Å². The van der Waals surface area contributed by atoms with Crippen molar-refractivity contribution in [3.63, 3.8) is 0 Å². The minimum absolute atomic E-state index is 0.0302. The first-order chi connectivity index (χ1) is 19.0. The van der Waals surface area contributed by atoms with Gasteiger partial charge in [-0.05, 0) is 71.6 Å². The molecule has 1 amide bonds. The second kappa shape index (κ2) is 11.2. The highest BCUT2D eigenvalue weighted by molar-refractivity contribution is 6.46. The summed E-state index contributed by atoms with van der Waals surface area (Å²) >= 11 is 0. The number of likely N-dealkylation sites (tertiary alicyclic amines) is 1. The Balaban J connectivity index is 1.48. The summed E-state index contributed by atoms with van der Waals surface area (Å²) < 4.78 is 11.2. The summed E-state index contributed by atoms with van der Waals surface area (Å²) in [6.07, 6.45) is 3.30. The molecule has 3 aromatic carbocycles. The highest BCUT2D eigenvalue weighted by atomic mass is 16.5. The molecule has 0 radical (unpaired) electrons. The van der Waals surface area contributed by atoms with Crippen LogP contribution in [-0.4, -0.2) is 33.8 Å². The summed E-state index contributed by atoms with van der Waals surface area (Å²) in [5.41, 5.74) is 4.12. The Hall–Kier alpha value is -4.91. The van der Waals surface area contributed by atoms with Gasteiger partial charge in [-0.25, -0.2) is 0 Å². The van der Waals surface area contributed by atoms with Gasteiger partial charge in [-0.15, -0.1) is 0 Å². The number of aryl methyl sites for hydroxylation is 1. The Kier molecular flexibility index (Phi) is 7.41. The Morgan fingerprint density at radius 3 is 2.31 bits per heavy atom. The van der Waals surface area contributed by atoms with Crippen LogP contribution in [0.4, 0.5) is 0 Å². The molecule has 1 saturated heterocycles. The first-order valence-corrected chi connectivity index (χ1v) is 12.6. The molecule has 0 aliphatic carbocycles. The van der Waals surface area contributed by atoms with Crippen LogP contribution in [0.15, 0.2) is 103 Å². The van der Waals surface area contributed by atoms with Crippen molar-refractivity contribution in [1.82, 2.24) is 9.88 Å². The fourth-order valence-corrected chi connectivity index (χ4v) is 4.66. The SMILES string of the molecule is COc1ccc([C@H]2C(=C(O)c3ccc(OCc4ccccc4C)cc3)C(=O)C(=O)N2Cc2cccnc2)cc1. The quantitative estimate of drug-likeness (QED) is 0.185. The number of ether oxygens (including phenoxy) is 2. The molecule has 0 unspecified atom stereocenters. The van der Waals surface area contributed by atoms with Crippen molar-refractivity contribution in [3.8, 4) is 11.5 Å². The molecule has 1 N–H and O–H groups in total. The van der Waals surface area contributed by atoms with Crippen molar-refractivity contribution < 1.29 is 24.2 Å².